The number of fused-ring (bicyclic) bond motifs is 1. The number of hydrogen-bond donors (Lipinski definition) is 1. The lowest BCUT2D eigenvalue weighted by Crippen LogP contribution is -2.11. The van der Waals surface area contributed by atoms with E-state index in [-0.39, 0.29) is 0 Å². The molecule has 3 rings (SSSR count). The summed E-state index contributed by atoms with van der Waals surface area (Å²) >= 11 is 0. The van der Waals surface area contributed by atoms with Gasteiger partial charge in [0.2, 0.25) is 0 Å². The molecule has 0 radical (unpaired) electrons. The number of aromatic nitrogens is 1. The van der Waals surface area contributed by atoms with Crippen molar-refractivity contribution >= 4 is 16.9 Å². The minimum Gasteiger partial charge on any atom is -0.330 e. The Balaban J connectivity index is 2.13. The summed E-state index contributed by atoms with van der Waals surface area (Å²) in [6.07, 6.45) is 0. The first-order chi connectivity index (χ1) is 9.79. The van der Waals surface area contributed by atoms with Gasteiger partial charge >= 0.3 is 5.97 Å². The van der Waals surface area contributed by atoms with Crippen molar-refractivity contribution in [2.24, 2.45) is 0 Å². The van der Waals surface area contributed by atoms with Crippen LogP contribution in [0.15, 0.2) is 60.7 Å². The predicted octanol–water partition coefficient (Wildman–Crippen LogP) is 3.32. The average Bonchev–Trinajstić information content (AvgIpc) is 2.86. The van der Waals surface area contributed by atoms with Gasteiger partial charge in [0.25, 0.3) is 0 Å². The fourth-order valence-corrected chi connectivity index (χ4v) is 2.36. The van der Waals surface area contributed by atoms with Crippen LogP contribution in [0.5, 0.6) is 0 Å². The summed E-state index contributed by atoms with van der Waals surface area (Å²) in [5.41, 5.74) is 2.33. The van der Waals surface area contributed by atoms with Gasteiger partial charge in [0.15, 0.2) is 0 Å². The van der Waals surface area contributed by atoms with E-state index < -0.39 is 5.97 Å². The number of carbonyl (C=O) groups is 1. The summed E-state index contributed by atoms with van der Waals surface area (Å²) in [5.74, 6) is -0.753. The van der Waals surface area contributed by atoms with E-state index in [2.05, 4.69) is 4.89 Å². The van der Waals surface area contributed by atoms with Crippen molar-refractivity contribution in [2.75, 3.05) is 0 Å². The minimum absolute atomic E-state index is 0.331. The fraction of sp³-hybridized carbons (Fsp3) is 0.0625. The Morgan fingerprint density at radius 3 is 2.50 bits per heavy atom. The fourth-order valence-electron chi connectivity index (χ4n) is 2.36. The summed E-state index contributed by atoms with van der Waals surface area (Å²) < 4.78 is 1.84. The van der Waals surface area contributed by atoms with Crippen LogP contribution in [0.4, 0.5) is 0 Å². The highest BCUT2D eigenvalue weighted by molar-refractivity contribution is 5.95. The maximum absolute atomic E-state index is 11.7. The smallest absolute Gasteiger partial charge is 0.330 e. The normalized spacial score (nSPS) is 10.7. The van der Waals surface area contributed by atoms with E-state index in [9.17, 15) is 4.79 Å². The van der Waals surface area contributed by atoms with Crippen LogP contribution in [-0.4, -0.2) is 15.8 Å². The van der Waals surface area contributed by atoms with Gasteiger partial charge in [0.1, 0.15) is 5.69 Å². The largest absolute Gasteiger partial charge is 0.389 e. The van der Waals surface area contributed by atoms with E-state index in [1.54, 1.807) is 6.07 Å². The molecule has 0 spiro atoms. The van der Waals surface area contributed by atoms with Gasteiger partial charge in [0, 0.05) is 17.4 Å². The Morgan fingerprint density at radius 1 is 1.05 bits per heavy atom. The molecule has 0 aliphatic carbocycles. The zero-order valence-electron chi connectivity index (χ0n) is 10.7. The highest BCUT2D eigenvalue weighted by Gasteiger charge is 2.16. The van der Waals surface area contributed by atoms with Gasteiger partial charge in [-0.2, -0.15) is 5.26 Å². The first-order valence-electron chi connectivity index (χ1n) is 6.27. The van der Waals surface area contributed by atoms with Crippen LogP contribution in [0.1, 0.15) is 16.1 Å². The first-order valence-corrected chi connectivity index (χ1v) is 6.27. The van der Waals surface area contributed by atoms with E-state index in [4.69, 9.17) is 5.26 Å². The topological polar surface area (TPSA) is 51.5 Å². The van der Waals surface area contributed by atoms with Crippen LogP contribution in [0.2, 0.25) is 0 Å². The quantitative estimate of drug-likeness (QED) is 0.585. The molecular formula is C16H13NO3. The summed E-state index contributed by atoms with van der Waals surface area (Å²) in [7, 11) is 0. The standard InChI is InChI=1S/C16H13NO3/c18-16(20-19)15-10-13-8-4-5-9-14(13)17(15)11-12-6-2-1-3-7-12/h1-10,19H,11H2. The average molecular weight is 267 g/mol. The number of carbonyl (C=O) groups excluding carboxylic acids is 1. The maximum Gasteiger partial charge on any atom is 0.389 e. The number of benzene rings is 2. The molecular weight excluding hydrogens is 254 g/mol. The summed E-state index contributed by atoms with van der Waals surface area (Å²) in [4.78, 5) is 15.6. The monoisotopic (exact) mass is 267 g/mol. The van der Waals surface area contributed by atoms with Gasteiger partial charge in [-0.25, -0.2) is 4.79 Å². The van der Waals surface area contributed by atoms with E-state index in [0.717, 1.165) is 16.5 Å². The molecule has 4 heteroatoms. The molecule has 0 amide bonds. The highest BCUT2D eigenvalue weighted by atomic mass is 17.1. The van der Waals surface area contributed by atoms with Crippen molar-refractivity contribution < 1.29 is 14.9 Å². The van der Waals surface area contributed by atoms with Gasteiger partial charge in [-0.1, -0.05) is 48.5 Å². The van der Waals surface area contributed by atoms with E-state index in [1.807, 2.05) is 59.2 Å². The number of para-hydroxylation sites is 1. The van der Waals surface area contributed by atoms with Crippen molar-refractivity contribution in [1.29, 1.82) is 0 Å². The van der Waals surface area contributed by atoms with Crippen molar-refractivity contribution in [1.82, 2.24) is 4.57 Å². The molecule has 0 bridgehead atoms. The second kappa shape index (κ2) is 5.19. The minimum atomic E-state index is -0.753. The van der Waals surface area contributed by atoms with Crippen molar-refractivity contribution in [2.45, 2.75) is 6.54 Å². The molecule has 0 unspecified atom stereocenters. The molecule has 0 aliphatic rings. The van der Waals surface area contributed by atoms with Crippen LogP contribution >= 0.6 is 0 Å². The molecule has 1 heterocycles. The molecule has 0 saturated heterocycles. The van der Waals surface area contributed by atoms with Crippen LogP contribution in [0, 0.1) is 0 Å². The Hall–Kier alpha value is -2.59. The molecule has 4 nitrogen and oxygen atoms in total. The number of hydrogen-bond acceptors (Lipinski definition) is 3. The van der Waals surface area contributed by atoms with Gasteiger partial charge in [0.05, 0.1) is 0 Å². The van der Waals surface area contributed by atoms with E-state index in [1.165, 1.54) is 0 Å². The summed E-state index contributed by atoms with van der Waals surface area (Å²) in [6, 6.07) is 19.2. The third kappa shape index (κ3) is 2.17. The van der Waals surface area contributed by atoms with Crippen LogP contribution in [0.3, 0.4) is 0 Å². The van der Waals surface area contributed by atoms with Crippen molar-refractivity contribution in [3.8, 4) is 0 Å². The SMILES string of the molecule is O=C(OO)c1cc2ccccc2n1Cc1ccccc1. The Morgan fingerprint density at radius 2 is 1.75 bits per heavy atom. The van der Waals surface area contributed by atoms with Crippen molar-refractivity contribution in [3.05, 3.63) is 71.9 Å². The van der Waals surface area contributed by atoms with Crippen LogP contribution in [-0.2, 0) is 11.4 Å². The molecule has 1 aromatic heterocycles. The number of nitrogens with zero attached hydrogens (tertiary/aromatic N) is 1. The number of rotatable bonds is 3. The maximum atomic E-state index is 11.7. The molecule has 0 atom stereocenters. The van der Waals surface area contributed by atoms with Gasteiger partial charge < -0.3 is 4.57 Å². The molecule has 3 aromatic rings. The Bertz CT molecular complexity index is 747. The second-order valence-electron chi connectivity index (χ2n) is 4.54. The Labute approximate surface area is 115 Å². The zero-order valence-corrected chi connectivity index (χ0v) is 10.7. The predicted molar refractivity (Wildman–Crippen MR) is 75.5 cm³/mol. The summed E-state index contributed by atoms with van der Waals surface area (Å²) in [5, 5.41) is 9.58. The second-order valence-corrected chi connectivity index (χ2v) is 4.54. The van der Waals surface area contributed by atoms with Crippen LogP contribution in [0.25, 0.3) is 10.9 Å². The highest BCUT2D eigenvalue weighted by Crippen LogP contribution is 2.21. The molecule has 0 saturated carbocycles. The third-order valence-corrected chi connectivity index (χ3v) is 3.29. The third-order valence-electron chi connectivity index (χ3n) is 3.29. The van der Waals surface area contributed by atoms with Gasteiger partial charge in [-0.3, -0.25) is 4.89 Å². The summed E-state index contributed by atoms with van der Waals surface area (Å²) in [6.45, 7) is 0.540. The van der Waals surface area contributed by atoms with E-state index in [0.29, 0.717) is 12.2 Å². The lowest BCUT2D eigenvalue weighted by Gasteiger charge is -2.09. The van der Waals surface area contributed by atoms with Crippen molar-refractivity contribution in [3.63, 3.8) is 0 Å². The molecule has 2 aromatic carbocycles. The van der Waals surface area contributed by atoms with Gasteiger partial charge in [-0.05, 0) is 17.7 Å². The van der Waals surface area contributed by atoms with Gasteiger partial charge in [-0.15, -0.1) is 0 Å². The van der Waals surface area contributed by atoms with Crippen LogP contribution < -0.4 is 0 Å². The molecule has 100 valence electrons. The van der Waals surface area contributed by atoms with E-state index >= 15 is 0 Å². The molecule has 20 heavy (non-hydrogen) atoms. The first kappa shape index (κ1) is 12.4. The zero-order chi connectivity index (χ0) is 13.9. The Kier molecular flexibility index (Phi) is 3.23. The lowest BCUT2D eigenvalue weighted by molar-refractivity contribution is -0.183. The lowest BCUT2D eigenvalue weighted by atomic mass is 10.2. The molecule has 0 aliphatic heterocycles. The molecule has 0 fully saturated rings. The molecule has 1 N–H and O–H groups in total.